The molecule has 0 saturated heterocycles. The number of ether oxygens (including phenoxy) is 1. The standard InChI is InChI=1S/C21H21ClN2O/c1-15-7-5-12-21(24(2)23)19(15)14-25-17-9-6-8-16(13-17)18-10-3-4-11-20(18)22/h3-13H,14,23H2,1-2H3. The summed E-state index contributed by atoms with van der Waals surface area (Å²) in [5, 5.41) is 2.34. The second-order valence-electron chi connectivity index (χ2n) is 5.98. The molecule has 0 aliphatic carbocycles. The van der Waals surface area contributed by atoms with E-state index in [0.29, 0.717) is 6.61 Å². The van der Waals surface area contributed by atoms with Gasteiger partial charge in [-0.05, 0) is 42.3 Å². The topological polar surface area (TPSA) is 38.5 Å². The molecule has 3 nitrogen and oxygen atoms in total. The van der Waals surface area contributed by atoms with E-state index < -0.39 is 0 Å². The van der Waals surface area contributed by atoms with E-state index in [-0.39, 0.29) is 0 Å². The summed E-state index contributed by atoms with van der Waals surface area (Å²) in [5.41, 5.74) is 5.21. The zero-order chi connectivity index (χ0) is 17.8. The van der Waals surface area contributed by atoms with Crippen LogP contribution in [0.4, 0.5) is 5.69 Å². The van der Waals surface area contributed by atoms with Crippen LogP contribution in [0.3, 0.4) is 0 Å². The van der Waals surface area contributed by atoms with Gasteiger partial charge in [-0.15, -0.1) is 0 Å². The summed E-state index contributed by atoms with van der Waals surface area (Å²) in [7, 11) is 1.83. The van der Waals surface area contributed by atoms with Crippen molar-refractivity contribution in [1.29, 1.82) is 0 Å². The molecular formula is C21H21ClN2O. The van der Waals surface area contributed by atoms with E-state index in [9.17, 15) is 0 Å². The largest absolute Gasteiger partial charge is 0.489 e. The number of aryl methyl sites for hydroxylation is 1. The molecule has 0 aromatic heterocycles. The van der Waals surface area contributed by atoms with E-state index in [1.165, 1.54) is 0 Å². The van der Waals surface area contributed by atoms with Crippen LogP contribution in [0, 0.1) is 6.92 Å². The van der Waals surface area contributed by atoms with Crippen LogP contribution in [0.5, 0.6) is 5.75 Å². The third-order valence-corrected chi connectivity index (χ3v) is 4.50. The fourth-order valence-corrected chi connectivity index (χ4v) is 3.05. The number of hydrogen-bond acceptors (Lipinski definition) is 3. The second-order valence-corrected chi connectivity index (χ2v) is 6.39. The molecule has 0 heterocycles. The van der Waals surface area contributed by atoms with Crippen LogP contribution < -0.4 is 15.6 Å². The zero-order valence-corrected chi connectivity index (χ0v) is 15.1. The maximum Gasteiger partial charge on any atom is 0.120 e. The van der Waals surface area contributed by atoms with Crippen LogP contribution in [0.15, 0.2) is 66.7 Å². The number of rotatable bonds is 5. The summed E-state index contributed by atoms with van der Waals surface area (Å²) in [6, 6.07) is 21.8. The molecule has 0 radical (unpaired) electrons. The normalized spacial score (nSPS) is 10.6. The molecule has 4 heteroatoms. The summed E-state index contributed by atoms with van der Waals surface area (Å²) in [4.78, 5) is 0. The number of hydrazine groups is 1. The van der Waals surface area contributed by atoms with E-state index in [1.54, 1.807) is 5.01 Å². The molecule has 0 bridgehead atoms. The van der Waals surface area contributed by atoms with Crippen molar-refractivity contribution in [2.75, 3.05) is 12.1 Å². The molecule has 0 fully saturated rings. The molecule has 128 valence electrons. The molecule has 0 spiro atoms. The van der Waals surface area contributed by atoms with Crippen LogP contribution in [-0.2, 0) is 6.61 Å². The molecule has 0 saturated carbocycles. The highest BCUT2D eigenvalue weighted by Gasteiger charge is 2.09. The predicted molar refractivity (Wildman–Crippen MR) is 105 cm³/mol. The third kappa shape index (κ3) is 3.95. The second kappa shape index (κ2) is 7.60. The molecule has 0 aliphatic rings. The van der Waals surface area contributed by atoms with Gasteiger partial charge in [-0.2, -0.15) is 0 Å². The van der Waals surface area contributed by atoms with Crippen molar-refractivity contribution in [1.82, 2.24) is 0 Å². The highest BCUT2D eigenvalue weighted by molar-refractivity contribution is 6.33. The highest BCUT2D eigenvalue weighted by atomic mass is 35.5. The van der Waals surface area contributed by atoms with Gasteiger partial charge in [-0.3, -0.25) is 0 Å². The van der Waals surface area contributed by atoms with Gasteiger partial charge in [0.1, 0.15) is 12.4 Å². The Labute approximate surface area is 153 Å². The predicted octanol–water partition coefficient (Wildman–Crippen LogP) is 5.20. The molecule has 0 atom stereocenters. The first-order valence-corrected chi connectivity index (χ1v) is 8.49. The summed E-state index contributed by atoms with van der Waals surface area (Å²) in [5.74, 6) is 6.73. The maximum absolute atomic E-state index is 6.30. The van der Waals surface area contributed by atoms with Gasteiger partial charge in [0.2, 0.25) is 0 Å². The monoisotopic (exact) mass is 352 g/mol. The smallest absolute Gasteiger partial charge is 0.120 e. The Balaban J connectivity index is 1.84. The first-order valence-electron chi connectivity index (χ1n) is 8.11. The van der Waals surface area contributed by atoms with Gasteiger partial charge in [0.25, 0.3) is 0 Å². The lowest BCUT2D eigenvalue weighted by Gasteiger charge is -2.19. The van der Waals surface area contributed by atoms with Crippen molar-refractivity contribution in [3.8, 4) is 16.9 Å². The lowest BCUT2D eigenvalue weighted by Crippen LogP contribution is -2.26. The van der Waals surface area contributed by atoms with Crippen molar-refractivity contribution in [3.63, 3.8) is 0 Å². The molecule has 0 unspecified atom stereocenters. The molecule has 3 aromatic rings. The molecule has 0 amide bonds. The Kier molecular flexibility index (Phi) is 5.27. The van der Waals surface area contributed by atoms with Crippen LogP contribution >= 0.6 is 11.6 Å². The lowest BCUT2D eigenvalue weighted by atomic mass is 10.1. The Bertz CT molecular complexity index is 877. The number of anilines is 1. The first kappa shape index (κ1) is 17.3. The van der Waals surface area contributed by atoms with Crippen LogP contribution in [0.2, 0.25) is 5.02 Å². The molecule has 3 aromatic carbocycles. The minimum absolute atomic E-state index is 0.454. The number of nitrogens with two attached hydrogens (primary N) is 1. The third-order valence-electron chi connectivity index (χ3n) is 4.17. The van der Waals surface area contributed by atoms with E-state index >= 15 is 0 Å². The van der Waals surface area contributed by atoms with E-state index in [4.69, 9.17) is 22.2 Å². The molecule has 3 rings (SSSR count). The number of nitrogens with zero attached hydrogens (tertiary/aromatic N) is 1. The Hall–Kier alpha value is -2.49. The van der Waals surface area contributed by atoms with Crippen molar-refractivity contribution >= 4 is 17.3 Å². The fraction of sp³-hybridized carbons (Fsp3) is 0.143. The van der Waals surface area contributed by atoms with Crippen LogP contribution in [0.1, 0.15) is 11.1 Å². The summed E-state index contributed by atoms with van der Waals surface area (Å²) in [6.07, 6.45) is 0. The van der Waals surface area contributed by atoms with E-state index in [0.717, 1.165) is 38.7 Å². The number of hydrogen-bond donors (Lipinski definition) is 1. The number of benzene rings is 3. The van der Waals surface area contributed by atoms with Crippen molar-refractivity contribution < 1.29 is 4.74 Å². The van der Waals surface area contributed by atoms with Gasteiger partial charge in [0.15, 0.2) is 0 Å². The van der Waals surface area contributed by atoms with Gasteiger partial charge >= 0.3 is 0 Å². The number of halogens is 1. The SMILES string of the molecule is Cc1cccc(N(C)N)c1COc1cccc(-c2ccccc2Cl)c1. The zero-order valence-electron chi connectivity index (χ0n) is 14.4. The van der Waals surface area contributed by atoms with Gasteiger partial charge in [-0.25, -0.2) is 5.84 Å². The highest BCUT2D eigenvalue weighted by Crippen LogP contribution is 2.30. The minimum Gasteiger partial charge on any atom is -0.489 e. The quantitative estimate of drug-likeness (QED) is 0.506. The molecule has 0 aliphatic heterocycles. The lowest BCUT2D eigenvalue weighted by molar-refractivity contribution is 0.306. The van der Waals surface area contributed by atoms with Gasteiger partial charge < -0.3 is 9.75 Å². The van der Waals surface area contributed by atoms with E-state index in [1.807, 2.05) is 67.7 Å². The van der Waals surface area contributed by atoms with Crippen molar-refractivity contribution in [2.45, 2.75) is 13.5 Å². The van der Waals surface area contributed by atoms with Crippen molar-refractivity contribution in [2.24, 2.45) is 5.84 Å². The van der Waals surface area contributed by atoms with Crippen LogP contribution in [-0.4, -0.2) is 7.05 Å². The molecular weight excluding hydrogens is 332 g/mol. The van der Waals surface area contributed by atoms with Gasteiger partial charge in [-0.1, -0.05) is 54.1 Å². The average molecular weight is 353 g/mol. The van der Waals surface area contributed by atoms with Gasteiger partial charge in [0.05, 0.1) is 5.69 Å². The minimum atomic E-state index is 0.454. The molecule has 25 heavy (non-hydrogen) atoms. The maximum atomic E-state index is 6.30. The Morgan fingerprint density at radius 2 is 1.76 bits per heavy atom. The van der Waals surface area contributed by atoms with Crippen molar-refractivity contribution in [3.05, 3.63) is 82.9 Å². The summed E-state index contributed by atoms with van der Waals surface area (Å²) >= 11 is 6.30. The van der Waals surface area contributed by atoms with Crippen LogP contribution in [0.25, 0.3) is 11.1 Å². The average Bonchev–Trinajstić information content (AvgIpc) is 2.61. The Morgan fingerprint density at radius 1 is 1.00 bits per heavy atom. The Morgan fingerprint density at radius 3 is 2.52 bits per heavy atom. The summed E-state index contributed by atoms with van der Waals surface area (Å²) in [6.45, 7) is 2.52. The fourth-order valence-electron chi connectivity index (χ4n) is 2.81. The molecule has 2 N–H and O–H groups in total. The van der Waals surface area contributed by atoms with Gasteiger partial charge in [0, 0.05) is 23.2 Å². The first-order chi connectivity index (χ1) is 12.1. The van der Waals surface area contributed by atoms with E-state index in [2.05, 4.69) is 13.0 Å². The summed E-state index contributed by atoms with van der Waals surface area (Å²) < 4.78 is 6.04.